The van der Waals surface area contributed by atoms with Crippen molar-refractivity contribution in [2.24, 2.45) is 0 Å². The number of rotatable bonds is 2. The van der Waals surface area contributed by atoms with E-state index in [2.05, 4.69) is 0 Å². The van der Waals surface area contributed by atoms with Gasteiger partial charge in [0.1, 0.15) is 27.1 Å². The SMILES string of the molecule is CC(=O)Cc1cc(C)cc2c1Oc1c(C)cc(C)cc1S2(=O)=O. The molecule has 2 aromatic rings. The Labute approximate surface area is 136 Å². The number of fused-ring (bicyclic) bond motifs is 2. The standard InChI is InChI=1S/C18H18O4S/c1-10-5-12(3)17-15(7-10)23(20,21)16-8-11(2)6-14(9-13(4)19)18(16)22-17/h5-8H,9H2,1-4H3. The van der Waals surface area contributed by atoms with Crippen molar-refractivity contribution in [3.05, 3.63) is 46.5 Å². The van der Waals surface area contributed by atoms with Gasteiger partial charge >= 0.3 is 0 Å². The number of ketones is 1. The second kappa shape index (κ2) is 5.20. The fourth-order valence-electron chi connectivity index (χ4n) is 2.99. The van der Waals surface area contributed by atoms with Gasteiger partial charge < -0.3 is 4.74 Å². The summed E-state index contributed by atoms with van der Waals surface area (Å²) < 4.78 is 32.0. The van der Waals surface area contributed by atoms with Crippen molar-refractivity contribution in [1.29, 1.82) is 0 Å². The molecule has 0 bridgehead atoms. The highest BCUT2D eigenvalue weighted by molar-refractivity contribution is 7.91. The number of aryl methyl sites for hydroxylation is 3. The molecular weight excluding hydrogens is 312 g/mol. The molecule has 0 aliphatic carbocycles. The van der Waals surface area contributed by atoms with E-state index in [0.717, 1.165) is 16.7 Å². The van der Waals surface area contributed by atoms with Crippen molar-refractivity contribution in [3.63, 3.8) is 0 Å². The second-order valence-corrected chi connectivity index (χ2v) is 8.03. The summed E-state index contributed by atoms with van der Waals surface area (Å²) in [4.78, 5) is 11.9. The molecule has 3 rings (SSSR count). The molecule has 5 heteroatoms. The quantitative estimate of drug-likeness (QED) is 0.719. The minimum absolute atomic E-state index is 0.0368. The molecule has 120 valence electrons. The fourth-order valence-corrected chi connectivity index (χ4v) is 4.78. The van der Waals surface area contributed by atoms with Crippen LogP contribution < -0.4 is 4.74 Å². The molecule has 0 spiro atoms. The number of benzene rings is 2. The third kappa shape index (κ3) is 2.55. The van der Waals surface area contributed by atoms with E-state index >= 15 is 0 Å². The molecule has 0 fully saturated rings. The van der Waals surface area contributed by atoms with E-state index in [9.17, 15) is 13.2 Å². The third-order valence-corrected chi connectivity index (χ3v) is 5.65. The van der Waals surface area contributed by atoms with Crippen molar-refractivity contribution in [2.45, 2.75) is 43.9 Å². The Balaban J connectivity index is 2.33. The Hall–Kier alpha value is -2.14. The molecule has 23 heavy (non-hydrogen) atoms. The minimum atomic E-state index is -3.66. The maximum atomic E-state index is 13.0. The highest BCUT2D eigenvalue weighted by atomic mass is 32.2. The fraction of sp³-hybridized carbons (Fsp3) is 0.278. The first-order valence-electron chi connectivity index (χ1n) is 7.37. The van der Waals surface area contributed by atoms with E-state index in [1.807, 2.05) is 32.9 Å². The van der Waals surface area contributed by atoms with Gasteiger partial charge in [-0.15, -0.1) is 0 Å². The number of sulfone groups is 1. The Bertz CT molecular complexity index is 940. The lowest BCUT2D eigenvalue weighted by atomic mass is 10.0. The maximum Gasteiger partial charge on any atom is 0.213 e. The molecule has 0 aromatic heterocycles. The molecule has 0 radical (unpaired) electrons. The number of ether oxygens (including phenoxy) is 1. The van der Waals surface area contributed by atoms with Gasteiger partial charge in [-0.2, -0.15) is 0 Å². The Morgan fingerprint density at radius 1 is 0.957 bits per heavy atom. The monoisotopic (exact) mass is 330 g/mol. The van der Waals surface area contributed by atoms with Gasteiger partial charge in [-0.3, -0.25) is 4.79 Å². The lowest BCUT2D eigenvalue weighted by Crippen LogP contribution is -2.15. The molecular formula is C18H18O4S. The highest BCUT2D eigenvalue weighted by Crippen LogP contribution is 2.46. The molecule has 0 N–H and O–H groups in total. The molecule has 0 atom stereocenters. The van der Waals surface area contributed by atoms with Gasteiger partial charge in [-0.05, 0) is 56.5 Å². The summed E-state index contributed by atoms with van der Waals surface area (Å²) in [7, 11) is -3.66. The molecule has 1 aliphatic rings. The van der Waals surface area contributed by atoms with Crippen LogP contribution in [0.15, 0.2) is 34.1 Å². The molecule has 0 saturated carbocycles. The molecule has 1 heterocycles. The number of carbonyl (C=O) groups is 1. The third-order valence-electron chi connectivity index (χ3n) is 3.88. The van der Waals surface area contributed by atoms with Crippen LogP contribution in [0.1, 0.15) is 29.2 Å². The van der Waals surface area contributed by atoms with Crippen molar-refractivity contribution < 1.29 is 17.9 Å². The molecule has 4 nitrogen and oxygen atoms in total. The highest BCUT2D eigenvalue weighted by Gasteiger charge is 2.34. The average Bonchev–Trinajstić information content (AvgIpc) is 2.41. The Morgan fingerprint density at radius 3 is 2.13 bits per heavy atom. The lowest BCUT2D eigenvalue weighted by Gasteiger charge is -2.25. The van der Waals surface area contributed by atoms with Crippen LogP contribution in [0.2, 0.25) is 0 Å². The van der Waals surface area contributed by atoms with Crippen molar-refractivity contribution in [3.8, 4) is 11.5 Å². The van der Waals surface area contributed by atoms with Crippen LogP contribution in [0.3, 0.4) is 0 Å². The van der Waals surface area contributed by atoms with Gasteiger partial charge in [0, 0.05) is 12.0 Å². The molecule has 0 unspecified atom stereocenters. The van der Waals surface area contributed by atoms with Crippen molar-refractivity contribution >= 4 is 15.6 Å². The maximum absolute atomic E-state index is 13.0. The van der Waals surface area contributed by atoms with Crippen LogP contribution >= 0.6 is 0 Å². The smallest absolute Gasteiger partial charge is 0.213 e. The summed E-state index contributed by atoms with van der Waals surface area (Å²) in [5.41, 5.74) is 3.04. The lowest BCUT2D eigenvalue weighted by molar-refractivity contribution is -0.116. The largest absolute Gasteiger partial charge is 0.454 e. The predicted octanol–water partition coefficient (Wildman–Crippen LogP) is 3.68. The molecule has 0 amide bonds. The summed E-state index contributed by atoms with van der Waals surface area (Å²) in [6, 6.07) is 6.94. The van der Waals surface area contributed by atoms with E-state index < -0.39 is 9.84 Å². The van der Waals surface area contributed by atoms with Gasteiger partial charge in [0.2, 0.25) is 9.84 Å². The summed E-state index contributed by atoms with van der Waals surface area (Å²) in [5.74, 6) is 0.604. The second-order valence-electron chi connectivity index (χ2n) is 6.14. The molecule has 0 saturated heterocycles. The van der Waals surface area contributed by atoms with Crippen LogP contribution in [-0.4, -0.2) is 14.2 Å². The van der Waals surface area contributed by atoms with E-state index in [1.165, 1.54) is 6.92 Å². The van der Waals surface area contributed by atoms with E-state index in [-0.39, 0.29) is 27.7 Å². The number of hydrogen-bond donors (Lipinski definition) is 0. The van der Waals surface area contributed by atoms with Crippen LogP contribution in [-0.2, 0) is 21.1 Å². The number of hydrogen-bond acceptors (Lipinski definition) is 4. The topological polar surface area (TPSA) is 60.4 Å². The zero-order chi connectivity index (χ0) is 16.9. The Kier molecular flexibility index (Phi) is 3.56. The van der Waals surface area contributed by atoms with E-state index in [0.29, 0.717) is 11.3 Å². The van der Waals surface area contributed by atoms with Crippen molar-refractivity contribution in [2.75, 3.05) is 0 Å². The van der Waals surface area contributed by atoms with Crippen LogP contribution in [0.5, 0.6) is 11.5 Å². The zero-order valence-electron chi connectivity index (χ0n) is 13.6. The van der Waals surface area contributed by atoms with Gasteiger partial charge in [0.25, 0.3) is 0 Å². The van der Waals surface area contributed by atoms with Crippen LogP contribution in [0.4, 0.5) is 0 Å². The summed E-state index contributed by atoms with van der Waals surface area (Å²) in [6.45, 7) is 6.98. The van der Waals surface area contributed by atoms with Crippen LogP contribution in [0.25, 0.3) is 0 Å². The summed E-state index contributed by atoms with van der Waals surface area (Å²) in [5, 5.41) is 0. The van der Waals surface area contributed by atoms with E-state index in [1.54, 1.807) is 12.1 Å². The predicted molar refractivity (Wildman–Crippen MR) is 87.0 cm³/mol. The Morgan fingerprint density at radius 2 is 1.52 bits per heavy atom. The van der Waals surface area contributed by atoms with Gasteiger partial charge in [0.15, 0.2) is 0 Å². The molecule has 2 aromatic carbocycles. The minimum Gasteiger partial charge on any atom is -0.454 e. The molecule has 1 aliphatic heterocycles. The van der Waals surface area contributed by atoms with Crippen LogP contribution in [0, 0.1) is 20.8 Å². The van der Waals surface area contributed by atoms with E-state index in [4.69, 9.17) is 4.74 Å². The summed E-state index contributed by atoms with van der Waals surface area (Å²) >= 11 is 0. The number of Topliss-reactive ketones (excluding diaryl/α,β-unsaturated/α-hetero) is 1. The first kappa shape index (κ1) is 15.7. The normalized spacial score (nSPS) is 14.6. The summed E-state index contributed by atoms with van der Waals surface area (Å²) in [6.07, 6.45) is 0.153. The first-order valence-corrected chi connectivity index (χ1v) is 8.85. The number of carbonyl (C=O) groups excluding carboxylic acids is 1. The van der Waals surface area contributed by atoms with Gasteiger partial charge in [-0.25, -0.2) is 8.42 Å². The zero-order valence-corrected chi connectivity index (χ0v) is 14.4. The van der Waals surface area contributed by atoms with Gasteiger partial charge in [-0.1, -0.05) is 12.1 Å². The van der Waals surface area contributed by atoms with Gasteiger partial charge in [0.05, 0.1) is 0 Å². The first-order chi connectivity index (χ1) is 10.7. The van der Waals surface area contributed by atoms with Crippen molar-refractivity contribution in [1.82, 2.24) is 0 Å². The average molecular weight is 330 g/mol.